The standard InChI is InChI=1S/C22H24FN5O3S/c1-27(32(30,31)17-8-4-2-5-9-17)15-21(29)24-16-11-12-19(23)18(14-16)22-26-25-20-10-6-3-7-13-28(20)22/h2,4-5,8-9,11-12,14H,3,6-7,10,13,15H2,1H3,(H,24,29). The number of halogens is 1. The smallest absolute Gasteiger partial charge is 0.243 e. The summed E-state index contributed by atoms with van der Waals surface area (Å²) in [4.78, 5) is 12.6. The molecule has 32 heavy (non-hydrogen) atoms. The fourth-order valence-electron chi connectivity index (χ4n) is 3.72. The Hall–Kier alpha value is -3.11. The van der Waals surface area contributed by atoms with Gasteiger partial charge in [0.15, 0.2) is 5.82 Å². The van der Waals surface area contributed by atoms with Gasteiger partial charge in [-0.2, -0.15) is 4.31 Å². The Morgan fingerprint density at radius 2 is 1.91 bits per heavy atom. The molecule has 1 aromatic heterocycles. The number of aryl methyl sites for hydroxylation is 1. The van der Waals surface area contributed by atoms with E-state index >= 15 is 0 Å². The normalized spacial score (nSPS) is 14.1. The molecule has 0 bridgehead atoms. The van der Waals surface area contributed by atoms with E-state index in [4.69, 9.17) is 0 Å². The molecular formula is C22H24FN5O3S. The van der Waals surface area contributed by atoms with Gasteiger partial charge in [0.25, 0.3) is 0 Å². The van der Waals surface area contributed by atoms with Crippen LogP contribution in [0.5, 0.6) is 0 Å². The summed E-state index contributed by atoms with van der Waals surface area (Å²) in [5.41, 5.74) is 0.594. The quantitative estimate of drug-likeness (QED) is 0.614. The zero-order valence-electron chi connectivity index (χ0n) is 17.7. The van der Waals surface area contributed by atoms with E-state index in [1.54, 1.807) is 18.2 Å². The molecule has 1 aliphatic heterocycles. The monoisotopic (exact) mass is 457 g/mol. The van der Waals surface area contributed by atoms with E-state index in [0.717, 1.165) is 42.4 Å². The van der Waals surface area contributed by atoms with Crippen molar-refractivity contribution in [1.29, 1.82) is 0 Å². The van der Waals surface area contributed by atoms with Gasteiger partial charge in [-0.25, -0.2) is 12.8 Å². The van der Waals surface area contributed by atoms with Crippen LogP contribution in [-0.2, 0) is 27.8 Å². The minimum absolute atomic E-state index is 0.104. The molecule has 0 atom stereocenters. The summed E-state index contributed by atoms with van der Waals surface area (Å²) in [5, 5.41) is 11.0. The zero-order chi connectivity index (χ0) is 22.7. The van der Waals surface area contributed by atoms with Crippen LogP contribution in [0.25, 0.3) is 11.4 Å². The zero-order valence-corrected chi connectivity index (χ0v) is 18.5. The fourth-order valence-corrected chi connectivity index (χ4v) is 4.87. The second-order valence-electron chi connectivity index (χ2n) is 7.72. The molecule has 8 nitrogen and oxygen atoms in total. The van der Waals surface area contributed by atoms with Crippen LogP contribution in [0, 0.1) is 5.82 Å². The highest BCUT2D eigenvalue weighted by Crippen LogP contribution is 2.27. The largest absolute Gasteiger partial charge is 0.325 e. The first kappa shape index (κ1) is 22.1. The fraction of sp³-hybridized carbons (Fsp3) is 0.318. The topological polar surface area (TPSA) is 97.2 Å². The van der Waals surface area contributed by atoms with Gasteiger partial charge in [0.1, 0.15) is 11.6 Å². The molecular weight excluding hydrogens is 433 g/mol. The molecule has 0 radical (unpaired) electrons. The number of amides is 1. The molecule has 0 aliphatic carbocycles. The molecule has 4 rings (SSSR count). The van der Waals surface area contributed by atoms with Crippen LogP contribution in [0.1, 0.15) is 25.1 Å². The van der Waals surface area contributed by atoms with Crippen molar-refractivity contribution in [1.82, 2.24) is 19.1 Å². The molecule has 0 unspecified atom stereocenters. The Bertz CT molecular complexity index is 1230. The van der Waals surface area contributed by atoms with Gasteiger partial charge in [-0.1, -0.05) is 24.6 Å². The number of hydrogen-bond donors (Lipinski definition) is 1. The third-order valence-electron chi connectivity index (χ3n) is 5.42. The first-order valence-electron chi connectivity index (χ1n) is 10.4. The summed E-state index contributed by atoms with van der Waals surface area (Å²) in [5.74, 6) is 0.259. The van der Waals surface area contributed by atoms with Crippen LogP contribution >= 0.6 is 0 Å². The number of sulfonamides is 1. The van der Waals surface area contributed by atoms with Crippen molar-refractivity contribution >= 4 is 21.6 Å². The van der Waals surface area contributed by atoms with Crippen LogP contribution in [0.3, 0.4) is 0 Å². The van der Waals surface area contributed by atoms with Crippen LogP contribution in [0.15, 0.2) is 53.4 Å². The van der Waals surface area contributed by atoms with Gasteiger partial charge in [0, 0.05) is 25.7 Å². The van der Waals surface area contributed by atoms with Crippen LogP contribution in [-0.4, -0.2) is 47.0 Å². The van der Waals surface area contributed by atoms with Gasteiger partial charge >= 0.3 is 0 Å². The van der Waals surface area contributed by atoms with E-state index in [1.807, 2.05) is 4.57 Å². The molecule has 1 aliphatic rings. The molecule has 168 valence electrons. The predicted molar refractivity (Wildman–Crippen MR) is 118 cm³/mol. The van der Waals surface area contributed by atoms with Crippen molar-refractivity contribution in [3.8, 4) is 11.4 Å². The number of likely N-dealkylation sites (N-methyl/N-ethyl adjacent to an activating group) is 1. The lowest BCUT2D eigenvalue weighted by molar-refractivity contribution is -0.116. The maximum atomic E-state index is 14.6. The number of aromatic nitrogens is 3. The van der Waals surface area contributed by atoms with Crippen molar-refractivity contribution < 1.29 is 17.6 Å². The third-order valence-corrected chi connectivity index (χ3v) is 7.24. The van der Waals surface area contributed by atoms with Gasteiger partial charge in [-0.15, -0.1) is 10.2 Å². The third kappa shape index (κ3) is 4.56. The number of carbonyl (C=O) groups excluding carboxylic acids is 1. The lowest BCUT2D eigenvalue weighted by Gasteiger charge is -2.17. The Morgan fingerprint density at radius 3 is 2.69 bits per heavy atom. The van der Waals surface area contributed by atoms with E-state index in [1.165, 1.54) is 37.4 Å². The van der Waals surface area contributed by atoms with E-state index in [9.17, 15) is 17.6 Å². The molecule has 10 heteroatoms. The molecule has 0 spiro atoms. The van der Waals surface area contributed by atoms with Crippen molar-refractivity contribution in [3.63, 3.8) is 0 Å². The summed E-state index contributed by atoms with van der Waals surface area (Å²) in [6.45, 7) is 0.333. The van der Waals surface area contributed by atoms with E-state index in [2.05, 4.69) is 15.5 Å². The van der Waals surface area contributed by atoms with Crippen molar-refractivity contribution in [2.24, 2.45) is 0 Å². The van der Waals surface area contributed by atoms with E-state index in [0.29, 0.717) is 11.5 Å². The van der Waals surface area contributed by atoms with Crippen molar-refractivity contribution in [2.45, 2.75) is 37.1 Å². The Labute approximate surface area is 186 Å². The summed E-state index contributed by atoms with van der Waals surface area (Å²) in [6.07, 6.45) is 3.88. The van der Waals surface area contributed by atoms with Gasteiger partial charge in [0.05, 0.1) is 17.0 Å². The van der Waals surface area contributed by atoms with Crippen molar-refractivity contribution in [3.05, 3.63) is 60.2 Å². The number of benzene rings is 2. The Morgan fingerprint density at radius 1 is 1.12 bits per heavy atom. The number of fused-ring (bicyclic) bond motifs is 1. The second kappa shape index (κ2) is 9.17. The van der Waals surface area contributed by atoms with Gasteiger partial charge in [0.2, 0.25) is 15.9 Å². The van der Waals surface area contributed by atoms with Crippen LogP contribution in [0.4, 0.5) is 10.1 Å². The van der Waals surface area contributed by atoms with Gasteiger partial charge < -0.3 is 9.88 Å². The first-order valence-corrected chi connectivity index (χ1v) is 11.8. The van der Waals surface area contributed by atoms with E-state index < -0.39 is 21.7 Å². The highest BCUT2D eigenvalue weighted by Gasteiger charge is 2.23. The van der Waals surface area contributed by atoms with Crippen molar-refractivity contribution in [2.75, 3.05) is 18.9 Å². The number of rotatable bonds is 6. The maximum Gasteiger partial charge on any atom is 0.243 e. The number of anilines is 1. The SMILES string of the molecule is CN(CC(=O)Nc1ccc(F)c(-c2nnc3n2CCCCC3)c1)S(=O)(=O)c1ccccc1. The molecule has 3 aromatic rings. The average Bonchev–Trinajstić information content (AvgIpc) is 3.03. The predicted octanol–water partition coefficient (Wildman–Crippen LogP) is 3.07. The number of carbonyl (C=O) groups is 1. The van der Waals surface area contributed by atoms with E-state index in [-0.39, 0.29) is 17.0 Å². The molecule has 0 fully saturated rings. The second-order valence-corrected chi connectivity index (χ2v) is 9.76. The highest BCUT2D eigenvalue weighted by atomic mass is 32.2. The molecule has 1 amide bonds. The highest BCUT2D eigenvalue weighted by molar-refractivity contribution is 7.89. The maximum absolute atomic E-state index is 14.6. The number of hydrogen-bond acceptors (Lipinski definition) is 5. The van der Waals surface area contributed by atoms with Crippen LogP contribution in [0.2, 0.25) is 0 Å². The molecule has 1 N–H and O–H groups in total. The lowest BCUT2D eigenvalue weighted by Crippen LogP contribution is -2.34. The molecule has 2 aromatic carbocycles. The average molecular weight is 458 g/mol. The lowest BCUT2D eigenvalue weighted by atomic mass is 10.1. The minimum atomic E-state index is -3.80. The summed E-state index contributed by atoms with van der Waals surface area (Å²) >= 11 is 0. The Balaban J connectivity index is 1.51. The summed E-state index contributed by atoms with van der Waals surface area (Å²) < 4.78 is 42.7. The molecule has 0 saturated carbocycles. The number of nitrogens with zero attached hydrogens (tertiary/aromatic N) is 4. The molecule has 0 saturated heterocycles. The van der Waals surface area contributed by atoms with Crippen LogP contribution < -0.4 is 5.32 Å². The molecule has 2 heterocycles. The summed E-state index contributed by atoms with van der Waals surface area (Å²) in [7, 11) is -2.46. The van der Waals surface area contributed by atoms with Gasteiger partial charge in [-0.05, 0) is 43.2 Å². The minimum Gasteiger partial charge on any atom is -0.325 e. The first-order chi connectivity index (χ1) is 15.4. The summed E-state index contributed by atoms with van der Waals surface area (Å²) in [6, 6.07) is 12.1. The Kier molecular flexibility index (Phi) is 6.33. The van der Waals surface area contributed by atoms with Gasteiger partial charge in [-0.3, -0.25) is 4.79 Å². The number of nitrogens with one attached hydrogen (secondary N) is 1.